The number of halogens is 1. The van der Waals surface area contributed by atoms with Crippen LogP contribution in [-0.2, 0) is 17.8 Å². The number of carbonyl (C=O) groups is 1. The van der Waals surface area contributed by atoms with Gasteiger partial charge in [0, 0.05) is 28.0 Å². The van der Waals surface area contributed by atoms with Crippen molar-refractivity contribution < 1.29 is 19.1 Å². The van der Waals surface area contributed by atoms with Gasteiger partial charge in [-0.3, -0.25) is 4.79 Å². The van der Waals surface area contributed by atoms with Gasteiger partial charge >= 0.3 is 11.6 Å². The van der Waals surface area contributed by atoms with E-state index in [2.05, 4.69) is 0 Å². The van der Waals surface area contributed by atoms with Gasteiger partial charge in [-0.15, -0.1) is 0 Å². The topological polar surface area (TPSA) is 76.7 Å². The van der Waals surface area contributed by atoms with Crippen molar-refractivity contribution in [3.8, 4) is 5.75 Å². The van der Waals surface area contributed by atoms with Gasteiger partial charge in [-0.1, -0.05) is 23.7 Å². The summed E-state index contributed by atoms with van der Waals surface area (Å²) >= 11 is 5.99. The fourth-order valence-electron chi connectivity index (χ4n) is 3.04. The molecular weight excluding hydrogens is 368 g/mol. The molecule has 0 atom stereocenters. The average Bonchev–Trinajstić information content (AvgIpc) is 2.61. The van der Waals surface area contributed by atoms with Crippen LogP contribution in [0.1, 0.15) is 28.7 Å². The summed E-state index contributed by atoms with van der Waals surface area (Å²) in [5.41, 5.74) is 2.75. The molecule has 0 saturated carbocycles. The van der Waals surface area contributed by atoms with Crippen LogP contribution < -0.4 is 10.4 Å². The van der Waals surface area contributed by atoms with Crippen molar-refractivity contribution in [1.29, 1.82) is 0 Å². The summed E-state index contributed by atoms with van der Waals surface area (Å²) in [6.07, 6.45) is 0.0302. The van der Waals surface area contributed by atoms with Crippen LogP contribution in [0.4, 0.5) is 0 Å². The standard InChI is InChI=1S/C21H19ClO5/c1-12-16-6-8-18(26-11-14-4-3-5-15(22)10-14)13(2)20(16)27-21(25)17(12)7-9-19(23)24/h3-6,8,10H,7,9,11H2,1-2H3,(H,23,24). The number of benzene rings is 2. The van der Waals surface area contributed by atoms with E-state index in [1.165, 1.54) is 0 Å². The van der Waals surface area contributed by atoms with E-state index in [4.69, 9.17) is 25.9 Å². The summed E-state index contributed by atoms with van der Waals surface area (Å²) in [7, 11) is 0. The molecule has 1 heterocycles. The first-order valence-electron chi connectivity index (χ1n) is 8.51. The van der Waals surface area contributed by atoms with Crippen LogP contribution in [0.5, 0.6) is 5.75 Å². The Balaban J connectivity index is 1.93. The van der Waals surface area contributed by atoms with Gasteiger partial charge in [-0.25, -0.2) is 4.79 Å². The van der Waals surface area contributed by atoms with E-state index < -0.39 is 11.6 Å². The smallest absolute Gasteiger partial charge is 0.339 e. The maximum Gasteiger partial charge on any atom is 0.339 e. The molecule has 0 aliphatic heterocycles. The highest BCUT2D eigenvalue weighted by atomic mass is 35.5. The number of fused-ring (bicyclic) bond motifs is 1. The zero-order valence-electron chi connectivity index (χ0n) is 15.0. The number of hydrogen-bond acceptors (Lipinski definition) is 4. The van der Waals surface area contributed by atoms with E-state index in [9.17, 15) is 9.59 Å². The SMILES string of the molecule is Cc1c(CCC(=O)O)c(=O)oc2c(C)c(OCc3cccc(Cl)c3)ccc12. The van der Waals surface area contributed by atoms with E-state index in [-0.39, 0.29) is 12.8 Å². The summed E-state index contributed by atoms with van der Waals surface area (Å²) in [4.78, 5) is 23.1. The van der Waals surface area contributed by atoms with Crippen LogP contribution in [-0.4, -0.2) is 11.1 Å². The Morgan fingerprint density at radius 2 is 1.96 bits per heavy atom. The molecule has 0 amide bonds. The Kier molecular flexibility index (Phi) is 5.51. The molecule has 6 heteroatoms. The van der Waals surface area contributed by atoms with Crippen molar-refractivity contribution in [2.24, 2.45) is 0 Å². The van der Waals surface area contributed by atoms with Crippen LogP contribution >= 0.6 is 11.6 Å². The molecule has 140 valence electrons. The minimum Gasteiger partial charge on any atom is -0.488 e. The Morgan fingerprint density at radius 1 is 1.19 bits per heavy atom. The number of carboxylic acid groups (broad SMARTS) is 1. The van der Waals surface area contributed by atoms with E-state index >= 15 is 0 Å². The number of aryl methyl sites for hydroxylation is 2. The third-order valence-electron chi connectivity index (χ3n) is 4.53. The molecule has 1 aromatic heterocycles. The molecule has 5 nitrogen and oxygen atoms in total. The number of hydrogen-bond donors (Lipinski definition) is 1. The second-order valence-corrected chi connectivity index (χ2v) is 6.81. The first kappa shape index (κ1) is 19.0. The van der Waals surface area contributed by atoms with Crippen molar-refractivity contribution in [2.45, 2.75) is 33.3 Å². The molecule has 2 aromatic carbocycles. The predicted molar refractivity (Wildman–Crippen MR) is 104 cm³/mol. The Hall–Kier alpha value is -2.79. The van der Waals surface area contributed by atoms with Gasteiger partial charge in [-0.2, -0.15) is 0 Å². The zero-order chi connectivity index (χ0) is 19.6. The van der Waals surface area contributed by atoms with Gasteiger partial charge in [0.25, 0.3) is 0 Å². The summed E-state index contributed by atoms with van der Waals surface area (Å²) in [6.45, 7) is 3.98. The highest BCUT2D eigenvalue weighted by Crippen LogP contribution is 2.30. The van der Waals surface area contributed by atoms with Crippen molar-refractivity contribution >= 4 is 28.5 Å². The predicted octanol–water partition coefficient (Wildman–Crippen LogP) is 4.66. The molecule has 27 heavy (non-hydrogen) atoms. The molecule has 3 rings (SSSR count). The quantitative estimate of drug-likeness (QED) is 0.623. The van der Waals surface area contributed by atoms with Gasteiger partial charge in [0.15, 0.2) is 0 Å². The molecule has 0 aliphatic rings. The van der Waals surface area contributed by atoms with Gasteiger partial charge in [0.1, 0.15) is 17.9 Å². The minimum atomic E-state index is -0.949. The fraction of sp³-hybridized carbons (Fsp3) is 0.238. The van der Waals surface area contributed by atoms with Crippen molar-refractivity contribution in [3.05, 3.63) is 74.1 Å². The van der Waals surface area contributed by atoms with Crippen LogP contribution in [0.3, 0.4) is 0 Å². The lowest BCUT2D eigenvalue weighted by molar-refractivity contribution is -0.136. The second kappa shape index (κ2) is 7.84. The van der Waals surface area contributed by atoms with E-state index in [0.29, 0.717) is 28.5 Å². The minimum absolute atomic E-state index is 0.114. The van der Waals surface area contributed by atoms with Gasteiger partial charge in [0.05, 0.1) is 0 Å². The van der Waals surface area contributed by atoms with Crippen molar-refractivity contribution in [3.63, 3.8) is 0 Å². The molecule has 0 aliphatic carbocycles. The number of ether oxygens (including phenoxy) is 1. The lowest BCUT2D eigenvalue weighted by Gasteiger charge is -2.13. The summed E-state index contributed by atoms with van der Waals surface area (Å²) in [5, 5.41) is 10.3. The molecule has 0 fully saturated rings. The first-order chi connectivity index (χ1) is 12.9. The lowest BCUT2D eigenvalue weighted by Crippen LogP contribution is -2.12. The number of rotatable bonds is 6. The molecule has 0 saturated heterocycles. The summed E-state index contributed by atoms with van der Waals surface area (Å²) in [6, 6.07) is 11.1. The van der Waals surface area contributed by atoms with E-state index in [1.54, 1.807) is 6.07 Å². The molecule has 1 N–H and O–H groups in total. The van der Waals surface area contributed by atoms with Gasteiger partial charge in [-0.05, 0) is 55.7 Å². The molecule has 3 aromatic rings. The summed E-state index contributed by atoms with van der Waals surface area (Å²) < 4.78 is 11.4. The fourth-order valence-corrected chi connectivity index (χ4v) is 3.25. The zero-order valence-corrected chi connectivity index (χ0v) is 15.8. The Morgan fingerprint density at radius 3 is 2.67 bits per heavy atom. The van der Waals surface area contributed by atoms with Crippen LogP contribution in [0, 0.1) is 13.8 Å². The Labute approximate surface area is 161 Å². The van der Waals surface area contributed by atoms with Gasteiger partial charge < -0.3 is 14.3 Å². The van der Waals surface area contributed by atoms with Crippen LogP contribution in [0.2, 0.25) is 5.02 Å². The third-order valence-corrected chi connectivity index (χ3v) is 4.76. The van der Waals surface area contributed by atoms with E-state index in [1.807, 2.05) is 44.2 Å². The number of carboxylic acids is 1. The largest absolute Gasteiger partial charge is 0.488 e. The molecule has 0 spiro atoms. The molecular formula is C21H19ClO5. The van der Waals surface area contributed by atoms with Crippen molar-refractivity contribution in [2.75, 3.05) is 0 Å². The highest BCUT2D eigenvalue weighted by molar-refractivity contribution is 6.30. The second-order valence-electron chi connectivity index (χ2n) is 6.37. The number of aliphatic carboxylic acids is 1. The summed E-state index contributed by atoms with van der Waals surface area (Å²) in [5.74, 6) is -0.335. The molecule has 0 bridgehead atoms. The molecule has 0 unspecified atom stereocenters. The van der Waals surface area contributed by atoms with E-state index in [0.717, 1.165) is 22.1 Å². The average molecular weight is 387 g/mol. The monoisotopic (exact) mass is 386 g/mol. The van der Waals surface area contributed by atoms with Crippen LogP contribution in [0.15, 0.2) is 45.6 Å². The first-order valence-corrected chi connectivity index (χ1v) is 8.89. The normalized spacial score (nSPS) is 10.9. The maximum absolute atomic E-state index is 12.3. The molecule has 0 radical (unpaired) electrons. The maximum atomic E-state index is 12.3. The Bertz CT molecular complexity index is 1070. The highest BCUT2D eigenvalue weighted by Gasteiger charge is 2.16. The van der Waals surface area contributed by atoms with Crippen molar-refractivity contribution in [1.82, 2.24) is 0 Å². The van der Waals surface area contributed by atoms with Gasteiger partial charge in [0.2, 0.25) is 0 Å². The third kappa shape index (κ3) is 4.14. The lowest BCUT2D eigenvalue weighted by atomic mass is 10.0. The van der Waals surface area contributed by atoms with Crippen LogP contribution in [0.25, 0.3) is 11.0 Å².